The van der Waals surface area contributed by atoms with Gasteiger partial charge < -0.3 is 25.7 Å². The molecule has 21 heavy (non-hydrogen) atoms. The quantitative estimate of drug-likeness (QED) is 0.610. The number of hydrogen-bond donors (Lipinski definition) is 3. The van der Waals surface area contributed by atoms with E-state index in [1.807, 2.05) is 10.8 Å². The summed E-state index contributed by atoms with van der Waals surface area (Å²) in [6, 6.07) is 0. The molecule has 1 amide bonds. The molecule has 0 unspecified atom stereocenters. The van der Waals surface area contributed by atoms with Crippen molar-refractivity contribution in [2.24, 2.45) is 0 Å². The molecule has 0 aliphatic carbocycles. The minimum Gasteiger partial charge on any atom is -0.383 e. The predicted molar refractivity (Wildman–Crippen MR) is 81.5 cm³/mol. The van der Waals surface area contributed by atoms with Crippen LogP contribution in [0.4, 0.5) is 10.9 Å². The molecule has 0 fully saturated rings. The second-order valence-corrected chi connectivity index (χ2v) is 5.21. The van der Waals surface area contributed by atoms with Gasteiger partial charge in [-0.3, -0.25) is 4.79 Å². The van der Waals surface area contributed by atoms with Crippen molar-refractivity contribution in [2.75, 3.05) is 37.9 Å². The van der Waals surface area contributed by atoms with Crippen LogP contribution in [0.2, 0.25) is 0 Å². The number of nitrogens with zero attached hydrogens (tertiary/aromatic N) is 3. The van der Waals surface area contributed by atoms with Crippen molar-refractivity contribution < 1.29 is 9.53 Å². The molecule has 0 atom stereocenters. The summed E-state index contributed by atoms with van der Waals surface area (Å²) in [5.74, 6) is 0.0185. The third-order valence-electron chi connectivity index (χ3n) is 2.66. The molecule has 2 rings (SSSR count). The van der Waals surface area contributed by atoms with Gasteiger partial charge in [0.25, 0.3) is 5.91 Å². The Morgan fingerprint density at radius 1 is 1.52 bits per heavy atom. The summed E-state index contributed by atoms with van der Waals surface area (Å²) in [6.45, 7) is 2.33. The summed E-state index contributed by atoms with van der Waals surface area (Å²) < 4.78 is 6.82. The Morgan fingerprint density at radius 3 is 3.10 bits per heavy atom. The van der Waals surface area contributed by atoms with E-state index in [4.69, 9.17) is 10.5 Å². The predicted octanol–water partition coefficient (Wildman–Crippen LogP) is 0.410. The molecular weight excluding hydrogens is 292 g/mol. The van der Waals surface area contributed by atoms with E-state index in [2.05, 4.69) is 20.6 Å². The van der Waals surface area contributed by atoms with Crippen LogP contribution < -0.4 is 16.4 Å². The molecule has 2 aromatic heterocycles. The summed E-state index contributed by atoms with van der Waals surface area (Å²) in [7, 11) is 1.62. The number of carbonyl (C=O) groups excluding carboxylic acids is 1. The summed E-state index contributed by atoms with van der Waals surface area (Å²) in [4.78, 5) is 20.5. The summed E-state index contributed by atoms with van der Waals surface area (Å²) in [6.07, 6.45) is 5.23. The number of aromatic nitrogens is 3. The second kappa shape index (κ2) is 7.60. The number of rotatable bonds is 8. The van der Waals surface area contributed by atoms with Gasteiger partial charge in [-0.25, -0.2) is 9.97 Å². The fourth-order valence-corrected chi connectivity index (χ4v) is 2.45. The van der Waals surface area contributed by atoms with Gasteiger partial charge in [0.15, 0.2) is 5.13 Å². The van der Waals surface area contributed by atoms with Crippen LogP contribution in [0.25, 0.3) is 0 Å². The highest BCUT2D eigenvalue weighted by Gasteiger charge is 2.15. The molecule has 0 aliphatic rings. The molecule has 0 bridgehead atoms. The molecule has 114 valence electrons. The summed E-state index contributed by atoms with van der Waals surface area (Å²) in [5.41, 5.74) is 5.76. The Hall–Kier alpha value is -2.13. The monoisotopic (exact) mass is 310 g/mol. The summed E-state index contributed by atoms with van der Waals surface area (Å²) in [5, 5.41) is 6.47. The topological polar surface area (TPSA) is 107 Å². The molecule has 0 saturated heterocycles. The molecule has 0 saturated carbocycles. The average molecular weight is 310 g/mol. The van der Waals surface area contributed by atoms with E-state index in [0.29, 0.717) is 36.2 Å². The number of ether oxygens (including phenoxy) is 1. The van der Waals surface area contributed by atoms with Gasteiger partial charge in [-0.15, -0.1) is 0 Å². The molecule has 9 heteroatoms. The van der Waals surface area contributed by atoms with Gasteiger partial charge >= 0.3 is 0 Å². The van der Waals surface area contributed by atoms with Crippen LogP contribution in [-0.4, -0.2) is 47.2 Å². The highest BCUT2D eigenvalue weighted by Crippen LogP contribution is 2.24. The van der Waals surface area contributed by atoms with Crippen LogP contribution in [0.1, 0.15) is 9.67 Å². The normalized spacial score (nSPS) is 10.5. The maximum atomic E-state index is 12.0. The Kier molecular flexibility index (Phi) is 5.52. The largest absolute Gasteiger partial charge is 0.383 e. The lowest BCUT2D eigenvalue weighted by molar-refractivity contribution is 0.0957. The van der Waals surface area contributed by atoms with Crippen LogP contribution in [-0.2, 0) is 11.3 Å². The van der Waals surface area contributed by atoms with Gasteiger partial charge in [0.2, 0.25) is 0 Å². The van der Waals surface area contributed by atoms with Crippen LogP contribution >= 0.6 is 11.3 Å². The highest BCUT2D eigenvalue weighted by atomic mass is 32.1. The van der Waals surface area contributed by atoms with Gasteiger partial charge in [0.1, 0.15) is 10.7 Å². The SMILES string of the molecule is COCCNc1nc(N)c(C(=O)NCCn2ccnc2)s1. The van der Waals surface area contributed by atoms with Gasteiger partial charge in [0.05, 0.1) is 12.9 Å². The fraction of sp³-hybridized carbons (Fsp3) is 0.417. The zero-order valence-electron chi connectivity index (χ0n) is 11.7. The van der Waals surface area contributed by atoms with Crippen molar-refractivity contribution in [3.63, 3.8) is 0 Å². The van der Waals surface area contributed by atoms with Gasteiger partial charge in [-0.2, -0.15) is 0 Å². The molecule has 8 nitrogen and oxygen atoms in total. The number of imidazole rings is 1. The molecule has 0 spiro atoms. The lowest BCUT2D eigenvalue weighted by Gasteiger charge is -2.04. The third-order valence-corrected chi connectivity index (χ3v) is 3.68. The molecule has 2 heterocycles. The fourth-order valence-electron chi connectivity index (χ4n) is 1.63. The van der Waals surface area contributed by atoms with Crippen LogP contribution in [0, 0.1) is 0 Å². The third kappa shape index (κ3) is 4.43. The maximum Gasteiger partial charge on any atom is 0.265 e. The number of thiazole rings is 1. The smallest absolute Gasteiger partial charge is 0.265 e. The molecule has 2 aromatic rings. The maximum absolute atomic E-state index is 12.0. The first-order valence-corrected chi connectivity index (χ1v) is 7.25. The van der Waals surface area contributed by atoms with Crippen molar-refractivity contribution in [1.29, 1.82) is 0 Å². The Labute approximate surface area is 126 Å². The highest BCUT2D eigenvalue weighted by molar-refractivity contribution is 7.18. The number of nitrogen functional groups attached to an aromatic ring is 1. The van der Waals surface area contributed by atoms with Crippen LogP contribution in [0.15, 0.2) is 18.7 Å². The number of methoxy groups -OCH3 is 1. The number of amides is 1. The standard InChI is InChI=1S/C12H18N6O2S/c1-20-7-4-16-12-17-10(13)9(21-12)11(19)15-3-6-18-5-2-14-8-18/h2,5,8H,3-4,6-7,13H2,1H3,(H,15,19)(H,16,17). The number of hydrogen-bond acceptors (Lipinski definition) is 7. The average Bonchev–Trinajstić information content (AvgIpc) is 3.09. The molecular formula is C12H18N6O2S. The molecule has 0 aromatic carbocycles. The van der Waals surface area contributed by atoms with E-state index in [-0.39, 0.29) is 11.7 Å². The van der Waals surface area contributed by atoms with E-state index in [9.17, 15) is 4.79 Å². The lowest BCUT2D eigenvalue weighted by atomic mass is 10.4. The van der Waals surface area contributed by atoms with Crippen molar-refractivity contribution in [2.45, 2.75) is 6.54 Å². The Bertz CT molecular complexity index is 568. The number of nitrogens with one attached hydrogen (secondary N) is 2. The molecule has 0 aliphatic heterocycles. The van der Waals surface area contributed by atoms with Gasteiger partial charge in [-0.05, 0) is 0 Å². The molecule has 0 radical (unpaired) electrons. The van der Waals surface area contributed by atoms with Crippen molar-refractivity contribution >= 4 is 28.2 Å². The lowest BCUT2D eigenvalue weighted by Crippen LogP contribution is -2.26. The first-order valence-electron chi connectivity index (χ1n) is 6.43. The van der Waals surface area contributed by atoms with Crippen molar-refractivity contribution in [3.8, 4) is 0 Å². The van der Waals surface area contributed by atoms with E-state index in [1.165, 1.54) is 11.3 Å². The van der Waals surface area contributed by atoms with Gasteiger partial charge in [0, 0.05) is 39.1 Å². The van der Waals surface area contributed by atoms with Crippen LogP contribution in [0.5, 0.6) is 0 Å². The first kappa shape index (κ1) is 15.3. The van der Waals surface area contributed by atoms with E-state index in [1.54, 1.807) is 19.6 Å². The Morgan fingerprint density at radius 2 is 2.38 bits per heavy atom. The van der Waals surface area contributed by atoms with Crippen molar-refractivity contribution in [1.82, 2.24) is 19.9 Å². The first-order chi connectivity index (χ1) is 10.2. The van der Waals surface area contributed by atoms with E-state index < -0.39 is 0 Å². The zero-order valence-corrected chi connectivity index (χ0v) is 12.5. The van der Waals surface area contributed by atoms with Gasteiger partial charge in [-0.1, -0.05) is 11.3 Å². The Balaban J connectivity index is 1.83. The number of carbonyl (C=O) groups is 1. The number of nitrogens with two attached hydrogens (primary N) is 1. The second-order valence-electron chi connectivity index (χ2n) is 4.21. The van der Waals surface area contributed by atoms with E-state index >= 15 is 0 Å². The molecule has 4 N–H and O–H groups in total. The number of anilines is 2. The zero-order chi connectivity index (χ0) is 15.1. The van der Waals surface area contributed by atoms with Crippen molar-refractivity contribution in [3.05, 3.63) is 23.6 Å². The minimum absolute atomic E-state index is 0.218. The summed E-state index contributed by atoms with van der Waals surface area (Å²) >= 11 is 1.23. The minimum atomic E-state index is -0.218. The van der Waals surface area contributed by atoms with Crippen LogP contribution in [0.3, 0.4) is 0 Å². The van der Waals surface area contributed by atoms with E-state index in [0.717, 1.165) is 0 Å².